The molecule has 0 spiro atoms. The lowest BCUT2D eigenvalue weighted by Gasteiger charge is -2.38. The largest absolute Gasteiger partial charge is 0.373 e. The van der Waals surface area contributed by atoms with E-state index in [2.05, 4.69) is 12.2 Å². The van der Waals surface area contributed by atoms with Crippen molar-refractivity contribution in [1.82, 2.24) is 10.2 Å². The highest BCUT2D eigenvalue weighted by Gasteiger charge is 2.26. The second-order valence-electron chi connectivity index (χ2n) is 4.32. The Morgan fingerprint density at radius 1 is 1.47 bits per heavy atom. The molecule has 1 fully saturated rings. The van der Waals surface area contributed by atoms with Crippen molar-refractivity contribution in [3.63, 3.8) is 0 Å². The van der Waals surface area contributed by atoms with Crippen LogP contribution < -0.4 is 5.32 Å². The Kier molecular flexibility index (Phi) is 5.32. The molecule has 0 aliphatic carbocycles. The molecule has 0 amide bonds. The molecule has 4 heteroatoms. The zero-order valence-corrected chi connectivity index (χ0v) is 10.5. The van der Waals surface area contributed by atoms with Crippen LogP contribution in [0.2, 0.25) is 0 Å². The van der Waals surface area contributed by atoms with Crippen molar-refractivity contribution < 1.29 is 5.11 Å². The Balaban J connectivity index is 2.29. The van der Waals surface area contributed by atoms with Gasteiger partial charge in [0.25, 0.3) is 0 Å². The third-order valence-corrected chi connectivity index (χ3v) is 3.16. The number of aliphatic hydroxyl groups is 1. The maximum atomic E-state index is 9.86. The Bertz CT molecular complexity index is 211. The van der Waals surface area contributed by atoms with Crippen molar-refractivity contribution in [1.29, 1.82) is 0 Å². The van der Waals surface area contributed by atoms with E-state index in [0.29, 0.717) is 11.2 Å². The average molecular weight is 230 g/mol. The van der Waals surface area contributed by atoms with E-state index in [-0.39, 0.29) is 0 Å². The summed E-state index contributed by atoms with van der Waals surface area (Å²) >= 11 is 5.21. The Hall–Kier alpha value is -0.350. The smallest absolute Gasteiger partial charge is 0.171 e. The number of unbranched alkanes of at least 4 members (excludes halogenated alkanes) is 3. The molecule has 88 valence electrons. The lowest BCUT2D eigenvalue weighted by molar-refractivity contribution is 0.0248. The summed E-state index contributed by atoms with van der Waals surface area (Å²) in [6.07, 6.45) is 5.20. The Morgan fingerprint density at radius 2 is 2.20 bits per heavy atom. The average Bonchev–Trinajstić information content (AvgIpc) is 2.15. The first-order valence-corrected chi connectivity index (χ1v) is 6.31. The van der Waals surface area contributed by atoms with E-state index in [1.54, 1.807) is 0 Å². The minimum atomic E-state index is -0.393. The molecule has 0 bridgehead atoms. The van der Waals surface area contributed by atoms with Gasteiger partial charge in [-0.25, -0.2) is 0 Å². The predicted octanol–water partition coefficient (Wildman–Crippen LogP) is 1.85. The van der Waals surface area contributed by atoms with Crippen LogP contribution in [0.3, 0.4) is 0 Å². The van der Waals surface area contributed by atoms with Gasteiger partial charge >= 0.3 is 0 Å². The SMILES string of the molecule is CCCCCCN1C(=S)NC(C)CC1O. The van der Waals surface area contributed by atoms with Gasteiger partial charge < -0.3 is 15.3 Å². The van der Waals surface area contributed by atoms with Crippen molar-refractivity contribution in [3.05, 3.63) is 0 Å². The van der Waals surface area contributed by atoms with Crippen LogP contribution in [0.5, 0.6) is 0 Å². The number of hydrogen-bond donors (Lipinski definition) is 2. The Labute approximate surface area is 97.8 Å². The van der Waals surface area contributed by atoms with Crippen LogP contribution in [-0.2, 0) is 0 Å². The number of hydrogen-bond acceptors (Lipinski definition) is 2. The number of nitrogens with zero attached hydrogens (tertiary/aromatic N) is 1. The first-order chi connectivity index (χ1) is 7.15. The van der Waals surface area contributed by atoms with Crippen LogP contribution in [0.15, 0.2) is 0 Å². The molecule has 1 heterocycles. The van der Waals surface area contributed by atoms with Crippen LogP contribution in [0.4, 0.5) is 0 Å². The van der Waals surface area contributed by atoms with Gasteiger partial charge in [0.05, 0.1) is 0 Å². The highest BCUT2D eigenvalue weighted by molar-refractivity contribution is 7.80. The highest BCUT2D eigenvalue weighted by Crippen LogP contribution is 2.13. The second kappa shape index (κ2) is 6.28. The van der Waals surface area contributed by atoms with Crippen LogP contribution >= 0.6 is 12.2 Å². The van der Waals surface area contributed by atoms with Crippen molar-refractivity contribution >= 4 is 17.3 Å². The quantitative estimate of drug-likeness (QED) is 0.558. The fraction of sp³-hybridized carbons (Fsp3) is 0.909. The van der Waals surface area contributed by atoms with Crippen molar-refractivity contribution in [2.75, 3.05) is 6.54 Å². The summed E-state index contributed by atoms with van der Waals surface area (Å²) in [5.41, 5.74) is 0. The van der Waals surface area contributed by atoms with Crippen molar-refractivity contribution in [2.45, 2.75) is 58.2 Å². The summed E-state index contributed by atoms with van der Waals surface area (Å²) in [5.74, 6) is 0. The number of nitrogens with one attached hydrogen (secondary N) is 1. The molecule has 0 radical (unpaired) electrons. The van der Waals surface area contributed by atoms with E-state index in [9.17, 15) is 5.11 Å². The molecule has 0 saturated carbocycles. The second-order valence-corrected chi connectivity index (χ2v) is 4.71. The predicted molar refractivity (Wildman–Crippen MR) is 66.7 cm³/mol. The molecule has 2 unspecified atom stereocenters. The van der Waals surface area contributed by atoms with Crippen LogP contribution in [0.25, 0.3) is 0 Å². The minimum absolute atomic E-state index is 0.291. The zero-order valence-electron chi connectivity index (χ0n) is 9.70. The fourth-order valence-electron chi connectivity index (χ4n) is 1.89. The third kappa shape index (κ3) is 3.95. The van der Waals surface area contributed by atoms with Gasteiger partial charge in [-0.05, 0) is 25.6 Å². The first-order valence-electron chi connectivity index (χ1n) is 5.90. The first kappa shape index (κ1) is 12.7. The van der Waals surface area contributed by atoms with Gasteiger partial charge in [0.2, 0.25) is 0 Å². The molecule has 15 heavy (non-hydrogen) atoms. The fourth-order valence-corrected chi connectivity index (χ4v) is 2.31. The Morgan fingerprint density at radius 3 is 2.80 bits per heavy atom. The standard InChI is InChI=1S/C11H22N2OS/c1-3-4-5-6-7-13-10(14)8-9(2)12-11(13)15/h9-10,14H,3-8H2,1-2H3,(H,12,15). The summed E-state index contributed by atoms with van der Waals surface area (Å²) in [7, 11) is 0. The molecule has 2 atom stereocenters. The molecule has 2 N–H and O–H groups in total. The molecule has 1 rings (SSSR count). The van der Waals surface area contributed by atoms with E-state index in [1.807, 2.05) is 11.8 Å². The van der Waals surface area contributed by atoms with Crippen LogP contribution in [-0.4, -0.2) is 33.9 Å². The monoisotopic (exact) mass is 230 g/mol. The molecular weight excluding hydrogens is 208 g/mol. The zero-order chi connectivity index (χ0) is 11.3. The molecular formula is C11H22N2OS. The number of thiocarbonyl (C=S) groups is 1. The van der Waals surface area contributed by atoms with Gasteiger partial charge in [0.1, 0.15) is 6.23 Å². The summed E-state index contributed by atoms with van der Waals surface area (Å²) in [5, 5.41) is 13.8. The number of aliphatic hydroxyl groups excluding tert-OH is 1. The van der Waals surface area contributed by atoms with Crippen LogP contribution in [0, 0.1) is 0 Å². The van der Waals surface area contributed by atoms with Gasteiger partial charge in [-0.15, -0.1) is 0 Å². The van der Waals surface area contributed by atoms with E-state index >= 15 is 0 Å². The molecule has 1 aliphatic rings. The van der Waals surface area contributed by atoms with Gasteiger partial charge in [-0.3, -0.25) is 0 Å². The van der Waals surface area contributed by atoms with E-state index in [4.69, 9.17) is 12.2 Å². The van der Waals surface area contributed by atoms with Crippen LogP contribution in [0.1, 0.15) is 46.0 Å². The summed E-state index contributed by atoms with van der Waals surface area (Å²) in [6, 6.07) is 0.291. The van der Waals surface area contributed by atoms with Crippen molar-refractivity contribution in [3.8, 4) is 0 Å². The maximum absolute atomic E-state index is 9.86. The molecule has 0 aromatic heterocycles. The molecule has 0 aromatic rings. The van der Waals surface area contributed by atoms with E-state index < -0.39 is 6.23 Å². The summed E-state index contributed by atoms with van der Waals surface area (Å²) in [4.78, 5) is 1.91. The third-order valence-electron chi connectivity index (χ3n) is 2.81. The summed E-state index contributed by atoms with van der Waals surface area (Å²) < 4.78 is 0. The molecule has 1 saturated heterocycles. The van der Waals surface area contributed by atoms with E-state index in [0.717, 1.165) is 19.4 Å². The van der Waals surface area contributed by atoms with Gasteiger partial charge in [0.15, 0.2) is 5.11 Å². The number of rotatable bonds is 5. The van der Waals surface area contributed by atoms with Gasteiger partial charge in [-0.2, -0.15) is 0 Å². The van der Waals surface area contributed by atoms with Crippen molar-refractivity contribution in [2.24, 2.45) is 0 Å². The molecule has 3 nitrogen and oxygen atoms in total. The maximum Gasteiger partial charge on any atom is 0.171 e. The molecule has 1 aliphatic heterocycles. The lowest BCUT2D eigenvalue weighted by atomic mass is 10.1. The van der Waals surface area contributed by atoms with Gasteiger partial charge in [-0.1, -0.05) is 26.2 Å². The highest BCUT2D eigenvalue weighted by atomic mass is 32.1. The summed E-state index contributed by atoms with van der Waals surface area (Å²) in [6.45, 7) is 5.12. The van der Waals surface area contributed by atoms with E-state index in [1.165, 1.54) is 19.3 Å². The van der Waals surface area contributed by atoms with Gasteiger partial charge in [0, 0.05) is 19.0 Å². The topological polar surface area (TPSA) is 35.5 Å². The normalized spacial score (nSPS) is 26.6. The molecule has 0 aromatic carbocycles. The minimum Gasteiger partial charge on any atom is -0.373 e. The lowest BCUT2D eigenvalue weighted by Crippen LogP contribution is -2.55.